The van der Waals surface area contributed by atoms with Crippen molar-refractivity contribution >= 4 is 38.9 Å². The third-order valence-electron chi connectivity index (χ3n) is 4.61. The summed E-state index contributed by atoms with van der Waals surface area (Å²) in [7, 11) is 0. The summed E-state index contributed by atoms with van der Waals surface area (Å²) in [4.78, 5) is 33.9. The Morgan fingerprint density at radius 1 is 1.06 bits per heavy atom. The number of para-hydroxylation sites is 2. The molecule has 0 saturated heterocycles. The molecule has 0 aliphatic heterocycles. The van der Waals surface area contributed by atoms with Crippen molar-refractivity contribution in [2.24, 2.45) is 0 Å². The first-order valence-electron chi connectivity index (χ1n) is 9.91. The van der Waals surface area contributed by atoms with E-state index in [9.17, 15) is 9.59 Å². The molecule has 158 valence electrons. The number of hydrogen-bond donors (Lipinski definition) is 2. The normalized spacial score (nSPS) is 11.5. The van der Waals surface area contributed by atoms with Crippen molar-refractivity contribution in [3.63, 3.8) is 0 Å². The molecule has 0 radical (unpaired) electrons. The van der Waals surface area contributed by atoms with Crippen LogP contribution in [0.25, 0.3) is 21.6 Å². The van der Waals surface area contributed by atoms with Crippen LogP contribution in [0, 0.1) is 6.92 Å². The minimum atomic E-state index is -0.634. The van der Waals surface area contributed by atoms with Gasteiger partial charge in [0.1, 0.15) is 10.6 Å². The lowest BCUT2D eigenvalue weighted by Gasteiger charge is -2.20. The van der Waals surface area contributed by atoms with Gasteiger partial charge in [-0.25, -0.2) is 9.78 Å². The molecule has 0 bridgehead atoms. The quantitative estimate of drug-likeness (QED) is 0.406. The van der Waals surface area contributed by atoms with Crippen molar-refractivity contribution in [2.45, 2.75) is 33.3 Å². The lowest BCUT2D eigenvalue weighted by atomic mass is 10.1. The number of thiophene rings is 1. The minimum absolute atomic E-state index is 0.218. The molecule has 0 unspecified atom stereocenters. The fourth-order valence-corrected chi connectivity index (χ4v) is 4.41. The first kappa shape index (κ1) is 20.8. The van der Waals surface area contributed by atoms with Crippen LogP contribution in [0.2, 0.25) is 0 Å². The zero-order chi connectivity index (χ0) is 22.2. The summed E-state index contributed by atoms with van der Waals surface area (Å²) >= 11 is 1.36. The van der Waals surface area contributed by atoms with E-state index in [4.69, 9.17) is 4.74 Å². The number of aromatic nitrogens is 2. The fourth-order valence-electron chi connectivity index (χ4n) is 3.25. The van der Waals surface area contributed by atoms with Crippen LogP contribution >= 0.6 is 11.3 Å². The average Bonchev–Trinajstić information content (AvgIpc) is 3.03. The van der Waals surface area contributed by atoms with Gasteiger partial charge in [0, 0.05) is 5.69 Å². The molecule has 4 rings (SSSR count). The van der Waals surface area contributed by atoms with Crippen LogP contribution in [0.4, 0.5) is 10.7 Å². The molecule has 2 aromatic heterocycles. The van der Waals surface area contributed by atoms with E-state index in [0.29, 0.717) is 37.7 Å². The summed E-state index contributed by atoms with van der Waals surface area (Å²) in [6.45, 7) is 7.34. The van der Waals surface area contributed by atoms with Gasteiger partial charge in [0.25, 0.3) is 5.56 Å². The number of esters is 1. The van der Waals surface area contributed by atoms with Crippen molar-refractivity contribution < 1.29 is 9.53 Å². The third kappa shape index (κ3) is 4.36. The van der Waals surface area contributed by atoms with Crippen molar-refractivity contribution in [2.75, 3.05) is 5.32 Å². The number of hydrogen-bond acceptors (Lipinski definition) is 6. The van der Waals surface area contributed by atoms with Gasteiger partial charge in [0.05, 0.1) is 21.3 Å². The summed E-state index contributed by atoms with van der Waals surface area (Å²) in [6, 6.07) is 16.8. The van der Waals surface area contributed by atoms with E-state index in [1.54, 1.807) is 18.2 Å². The number of nitrogens with one attached hydrogen (secondary N) is 2. The molecular formula is C24H23N3O3S. The van der Waals surface area contributed by atoms with E-state index in [1.807, 2.05) is 64.1 Å². The topological polar surface area (TPSA) is 84.1 Å². The maximum Gasteiger partial charge on any atom is 0.341 e. The van der Waals surface area contributed by atoms with Gasteiger partial charge in [-0.1, -0.05) is 30.3 Å². The van der Waals surface area contributed by atoms with Gasteiger partial charge in [-0.15, -0.1) is 11.3 Å². The Bertz CT molecular complexity index is 1320. The monoisotopic (exact) mass is 433 g/mol. The van der Waals surface area contributed by atoms with Crippen molar-refractivity contribution in [1.82, 2.24) is 9.97 Å². The molecule has 31 heavy (non-hydrogen) atoms. The first-order chi connectivity index (χ1) is 14.7. The molecule has 0 atom stereocenters. The van der Waals surface area contributed by atoms with Gasteiger partial charge in [-0.2, -0.15) is 0 Å². The number of carbonyl (C=O) groups excluding carboxylic acids is 1. The Balaban J connectivity index is 1.87. The van der Waals surface area contributed by atoms with Crippen LogP contribution in [-0.4, -0.2) is 21.5 Å². The van der Waals surface area contributed by atoms with Gasteiger partial charge in [-0.3, -0.25) is 4.79 Å². The molecule has 7 heteroatoms. The number of H-pyrrole nitrogens is 1. The van der Waals surface area contributed by atoms with E-state index in [1.165, 1.54) is 11.3 Å². The number of benzene rings is 2. The molecule has 2 aromatic carbocycles. The van der Waals surface area contributed by atoms with Gasteiger partial charge in [-0.05, 0) is 57.5 Å². The number of aromatic amines is 1. The molecule has 0 aliphatic rings. The molecular weight excluding hydrogens is 410 g/mol. The first-order valence-corrected chi connectivity index (χ1v) is 10.7. The Kier molecular flexibility index (Phi) is 5.37. The average molecular weight is 434 g/mol. The Morgan fingerprint density at radius 2 is 1.74 bits per heavy atom. The van der Waals surface area contributed by atoms with Crippen LogP contribution in [0.5, 0.6) is 0 Å². The molecule has 0 amide bonds. The summed E-state index contributed by atoms with van der Waals surface area (Å²) < 4.78 is 5.66. The van der Waals surface area contributed by atoms with Crippen LogP contribution in [0.15, 0.2) is 59.4 Å². The molecule has 2 heterocycles. The van der Waals surface area contributed by atoms with Gasteiger partial charge >= 0.3 is 5.97 Å². The van der Waals surface area contributed by atoms with Crippen molar-refractivity contribution in [1.29, 1.82) is 0 Å². The smallest absolute Gasteiger partial charge is 0.341 e. The van der Waals surface area contributed by atoms with E-state index >= 15 is 0 Å². The van der Waals surface area contributed by atoms with Crippen LogP contribution in [-0.2, 0) is 4.74 Å². The zero-order valence-corrected chi connectivity index (χ0v) is 18.6. The van der Waals surface area contributed by atoms with Crippen molar-refractivity contribution in [3.05, 3.63) is 76.1 Å². The number of carbonyl (C=O) groups is 1. The van der Waals surface area contributed by atoms with Gasteiger partial charge < -0.3 is 15.0 Å². The SMILES string of the molecule is Cc1c(-c2nc3ccccc3c(=O)[nH]2)sc(Nc2ccccc2)c1C(=O)OC(C)(C)C. The predicted molar refractivity (Wildman–Crippen MR) is 125 cm³/mol. The van der Waals surface area contributed by atoms with E-state index in [0.717, 1.165) is 5.69 Å². The maximum atomic E-state index is 13.1. The van der Waals surface area contributed by atoms with Crippen LogP contribution in [0.1, 0.15) is 36.7 Å². The maximum absolute atomic E-state index is 13.1. The second-order valence-electron chi connectivity index (χ2n) is 8.18. The van der Waals surface area contributed by atoms with Gasteiger partial charge in [0.2, 0.25) is 0 Å². The number of anilines is 2. The third-order valence-corrected chi connectivity index (χ3v) is 5.82. The number of rotatable bonds is 4. The lowest BCUT2D eigenvalue weighted by Crippen LogP contribution is -2.24. The fraction of sp³-hybridized carbons (Fsp3) is 0.208. The number of ether oxygens (including phenoxy) is 1. The lowest BCUT2D eigenvalue weighted by molar-refractivity contribution is 0.00705. The summed E-state index contributed by atoms with van der Waals surface area (Å²) in [5.74, 6) is 0.00573. The summed E-state index contributed by atoms with van der Waals surface area (Å²) in [5, 5.41) is 4.49. The molecule has 4 aromatic rings. The van der Waals surface area contributed by atoms with E-state index in [-0.39, 0.29) is 5.56 Å². The predicted octanol–water partition coefficient (Wildman–Crippen LogP) is 5.66. The molecule has 2 N–H and O–H groups in total. The Morgan fingerprint density at radius 3 is 2.45 bits per heavy atom. The number of fused-ring (bicyclic) bond motifs is 1. The highest BCUT2D eigenvalue weighted by Gasteiger charge is 2.27. The largest absolute Gasteiger partial charge is 0.456 e. The van der Waals surface area contributed by atoms with Crippen molar-refractivity contribution in [3.8, 4) is 10.7 Å². The highest BCUT2D eigenvalue weighted by Crippen LogP contribution is 2.40. The van der Waals surface area contributed by atoms with E-state index in [2.05, 4.69) is 15.3 Å². The summed E-state index contributed by atoms with van der Waals surface area (Å²) in [6.07, 6.45) is 0. The van der Waals surface area contributed by atoms with Crippen LogP contribution < -0.4 is 10.9 Å². The molecule has 0 fully saturated rings. The second-order valence-corrected chi connectivity index (χ2v) is 9.21. The zero-order valence-electron chi connectivity index (χ0n) is 17.8. The highest BCUT2D eigenvalue weighted by atomic mass is 32.1. The Labute approximate surface area is 183 Å². The van der Waals surface area contributed by atoms with Gasteiger partial charge in [0.15, 0.2) is 5.82 Å². The minimum Gasteiger partial charge on any atom is -0.456 e. The highest BCUT2D eigenvalue weighted by molar-refractivity contribution is 7.20. The summed E-state index contributed by atoms with van der Waals surface area (Å²) in [5.41, 5.74) is 1.74. The molecule has 6 nitrogen and oxygen atoms in total. The molecule has 0 saturated carbocycles. The molecule has 0 spiro atoms. The second kappa shape index (κ2) is 8.00. The standard InChI is InChI=1S/C24H23N3O3S/c1-14-18(23(29)30-24(2,3)4)22(25-15-10-6-5-7-11-15)31-19(14)20-26-17-13-9-8-12-16(17)21(28)27-20/h5-13,25H,1-4H3,(H,26,27,28). The van der Waals surface area contributed by atoms with Crippen LogP contribution in [0.3, 0.4) is 0 Å². The van der Waals surface area contributed by atoms with E-state index < -0.39 is 11.6 Å². The number of nitrogens with zero attached hydrogens (tertiary/aromatic N) is 1. The molecule has 0 aliphatic carbocycles. The Hall–Kier alpha value is -3.45.